The second kappa shape index (κ2) is 7.49. The van der Waals surface area contributed by atoms with Gasteiger partial charge in [-0.15, -0.1) is 0 Å². The summed E-state index contributed by atoms with van der Waals surface area (Å²) in [6.07, 6.45) is 0.775. The Hall–Kier alpha value is -1.76. The van der Waals surface area contributed by atoms with E-state index in [1.807, 2.05) is 32.0 Å². The molecule has 0 amide bonds. The summed E-state index contributed by atoms with van der Waals surface area (Å²) in [7, 11) is 0. The first-order valence-corrected chi connectivity index (χ1v) is 10.6. The summed E-state index contributed by atoms with van der Waals surface area (Å²) in [4.78, 5) is 5.55. The minimum absolute atomic E-state index is 0.00615. The molecule has 2 unspecified atom stereocenters. The van der Waals surface area contributed by atoms with Crippen molar-refractivity contribution in [3.63, 3.8) is 0 Å². The molecular weight excluding hydrogens is 438 g/mol. The van der Waals surface area contributed by atoms with Crippen LogP contribution in [-0.4, -0.2) is 34.2 Å². The van der Waals surface area contributed by atoms with Crippen molar-refractivity contribution >= 4 is 26.8 Å². The standard InChI is InChI=1S/C23H25BrF2N2O/c1-13-8-16-15-6-4-5-7-19(15)27-21(16)22(28(13)11-23(2,3)12-29)20-17(25)9-14(24)10-18(20)26/h4-7,9-10,13,22,27,29H,8,11-12H2,1-3H3. The summed E-state index contributed by atoms with van der Waals surface area (Å²) < 4.78 is 30.6. The number of rotatable bonds is 4. The van der Waals surface area contributed by atoms with E-state index < -0.39 is 23.1 Å². The Morgan fingerprint density at radius 3 is 2.52 bits per heavy atom. The minimum Gasteiger partial charge on any atom is -0.396 e. The molecule has 0 saturated carbocycles. The van der Waals surface area contributed by atoms with Crippen LogP contribution in [0.15, 0.2) is 40.9 Å². The molecule has 2 atom stereocenters. The van der Waals surface area contributed by atoms with Gasteiger partial charge in [0.25, 0.3) is 0 Å². The minimum atomic E-state index is -0.597. The smallest absolute Gasteiger partial charge is 0.132 e. The zero-order chi connectivity index (χ0) is 20.9. The molecule has 1 aliphatic rings. The number of H-pyrrole nitrogens is 1. The fourth-order valence-corrected chi connectivity index (χ4v) is 4.83. The molecule has 3 aromatic rings. The van der Waals surface area contributed by atoms with Crippen molar-refractivity contribution in [1.29, 1.82) is 0 Å². The summed E-state index contributed by atoms with van der Waals surface area (Å²) in [5.74, 6) is -1.15. The molecule has 29 heavy (non-hydrogen) atoms. The van der Waals surface area contributed by atoms with Crippen LogP contribution in [0.2, 0.25) is 0 Å². The Morgan fingerprint density at radius 2 is 1.86 bits per heavy atom. The number of nitrogens with one attached hydrogen (secondary N) is 1. The van der Waals surface area contributed by atoms with Crippen molar-refractivity contribution in [2.45, 2.75) is 39.3 Å². The Kier molecular flexibility index (Phi) is 5.30. The molecule has 0 radical (unpaired) electrons. The lowest BCUT2D eigenvalue weighted by Gasteiger charge is -2.44. The van der Waals surface area contributed by atoms with Crippen LogP contribution in [0.3, 0.4) is 0 Å². The van der Waals surface area contributed by atoms with Crippen molar-refractivity contribution in [3.8, 4) is 0 Å². The number of fused-ring (bicyclic) bond motifs is 3. The predicted octanol–water partition coefficient (Wildman–Crippen LogP) is 5.56. The number of nitrogens with zero attached hydrogens (tertiary/aromatic N) is 1. The number of aromatic nitrogens is 1. The van der Waals surface area contributed by atoms with Gasteiger partial charge < -0.3 is 10.1 Å². The number of halogens is 3. The van der Waals surface area contributed by atoms with E-state index in [1.165, 1.54) is 12.1 Å². The van der Waals surface area contributed by atoms with Crippen molar-refractivity contribution in [1.82, 2.24) is 9.88 Å². The SMILES string of the molecule is CC1Cc2c([nH]c3ccccc23)C(c2c(F)cc(Br)cc2F)N1CC(C)(C)CO. The van der Waals surface area contributed by atoms with Gasteiger partial charge in [0.2, 0.25) is 0 Å². The molecule has 0 aliphatic carbocycles. The highest BCUT2D eigenvalue weighted by molar-refractivity contribution is 9.10. The summed E-state index contributed by atoms with van der Waals surface area (Å²) in [5, 5.41) is 10.9. The van der Waals surface area contributed by atoms with Gasteiger partial charge in [0.1, 0.15) is 11.6 Å². The van der Waals surface area contributed by atoms with E-state index in [0.29, 0.717) is 11.0 Å². The molecule has 2 N–H and O–H groups in total. The molecule has 1 aliphatic heterocycles. The van der Waals surface area contributed by atoms with Crippen LogP contribution in [-0.2, 0) is 6.42 Å². The van der Waals surface area contributed by atoms with Gasteiger partial charge in [0.15, 0.2) is 0 Å². The van der Waals surface area contributed by atoms with E-state index >= 15 is 8.78 Å². The molecule has 2 heterocycles. The summed E-state index contributed by atoms with van der Waals surface area (Å²) in [6, 6.07) is 10.1. The van der Waals surface area contributed by atoms with Crippen molar-refractivity contribution < 1.29 is 13.9 Å². The maximum Gasteiger partial charge on any atom is 0.132 e. The fourth-order valence-electron chi connectivity index (χ4n) is 4.42. The van der Waals surface area contributed by atoms with E-state index in [0.717, 1.165) is 28.6 Å². The van der Waals surface area contributed by atoms with Gasteiger partial charge in [-0.25, -0.2) is 8.78 Å². The molecule has 154 valence electrons. The lowest BCUT2D eigenvalue weighted by Crippen LogP contribution is -2.48. The van der Waals surface area contributed by atoms with Crippen molar-refractivity contribution in [2.24, 2.45) is 5.41 Å². The van der Waals surface area contributed by atoms with Crippen LogP contribution in [0.25, 0.3) is 10.9 Å². The van der Waals surface area contributed by atoms with Gasteiger partial charge in [0.05, 0.1) is 6.04 Å². The molecule has 0 bridgehead atoms. The highest BCUT2D eigenvalue weighted by atomic mass is 79.9. The Morgan fingerprint density at radius 1 is 1.21 bits per heavy atom. The van der Waals surface area contributed by atoms with Crippen LogP contribution in [0.4, 0.5) is 8.78 Å². The Bertz CT molecular complexity index is 1040. The normalized spacial score (nSPS) is 20.2. The average molecular weight is 463 g/mol. The largest absolute Gasteiger partial charge is 0.396 e. The van der Waals surface area contributed by atoms with Crippen LogP contribution in [0.1, 0.15) is 43.6 Å². The first-order valence-electron chi connectivity index (χ1n) is 9.82. The molecule has 3 nitrogen and oxygen atoms in total. The molecule has 6 heteroatoms. The molecule has 0 fully saturated rings. The van der Waals surface area contributed by atoms with Gasteiger partial charge in [-0.2, -0.15) is 0 Å². The summed E-state index contributed by atoms with van der Waals surface area (Å²) in [6.45, 7) is 6.52. The van der Waals surface area contributed by atoms with Crippen molar-refractivity contribution in [3.05, 3.63) is 69.3 Å². The van der Waals surface area contributed by atoms with Crippen LogP contribution in [0, 0.1) is 17.0 Å². The summed E-state index contributed by atoms with van der Waals surface area (Å²) in [5.41, 5.74) is 2.55. The van der Waals surface area contributed by atoms with E-state index in [9.17, 15) is 5.11 Å². The molecule has 2 aromatic carbocycles. The number of aliphatic hydroxyl groups excluding tert-OH is 1. The van der Waals surface area contributed by atoms with Gasteiger partial charge in [-0.1, -0.05) is 48.0 Å². The van der Waals surface area contributed by atoms with E-state index in [-0.39, 0.29) is 18.2 Å². The molecule has 1 aromatic heterocycles. The number of para-hydroxylation sites is 1. The topological polar surface area (TPSA) is 39.3 Å². The zero-order valence-electron chi connectivity index (χ0n) is 16.8. The first-order chi connectivity index (χ1) is 13.7. The maximum atomic E-state index is 15.1. The third-order valence-electron chi connectivity index (χ3n) is 5.87. The third kappa shape index (κ3) is 3.62. The van der Waals surface area contributed by atoms with Crippen molar-refractivity contribution in [2.75, 3.05) is 13.2 Å². The quantitative estimate of drug-likeness (QED) is 0.532. The number of benzene rings is 2. The maximum absolute atomic E-state index is 15.1. The van der Waals surface area contributed by atoms with E-state index in [2.05, 4.69) is 38.8 Å². The zero-order valence-corrected chi connectivity index (χ0v) is 18.4. The number of hydrogen-bond donors (Lipinski definition) is 2. The molecule has 4 rings (SSSR count). The lowest BCUT2D eigenvalue weighted by molar-refractivity contribution is 0.0544. The molecule has 0 saturated heterocycles. The highest BCUT2D eigenvalue weighted by Crippen LogP contribution is 2.43. The monoisotopic (exact) mass is 462 g/mol. The molecular formula is C23H25BrF2N2O. The van der Waals surface area contributed by atoms with E-state index in [1.54, 1.807) is 0 Å². The second-order valence-corrected chi connectivity index (χ2v) is 9.71. The van der Waals surface area contributed by atoms with E-state index in [4.69, 9.17) is 0 Å². The fraction of sp³-hybridized carbons (Fsp3) is 0.391. The average Bonchev–Trinajstić information content (AvgIpc) is 3.01. The van der Waals surface area contributed by atoms with Crippen LogP contribution < -0.4 is 0 Å². The van der Waals surface area contributed by atoms with Gasteiger partial charge in [-0.3, -0.25) is 4.90 Å². The van der Waals surface area contributed by atoms with Gasteiger partial charge >= 0.3 is 0 Å². The van der Waals surface area contributed by atoms with Crippen LogP contribution in [0.5, 0.6) is 0 Å². The first kappa shape index (κ1) is 20.5. The number of aliphatic hydroxyl groups is 1. The van der Waals surface area contributed by atoms with Gasteiger partial charge in [0, 0.05) is 51.2 Å². The van der Waals surface area contributed by atoms with Gasteiger partial charge in [-0.05, 0) is 37.1 Å². The lowest BCUT2D eigenvalue weighted by atomic mass is 9.85. The number of aromatic amines is 1. The van der Waals surface area contributed by atoms with Crippen LogP contribution >= 0.6 is 15.9 Å². The summed E-state index contributed by atoms with van der Waals surface area (Å²) >= 11 is 3.18. The number of hydrogen-bond acceptors (Lipinski definition) is 2. The highest BCUT2D eigenvalue weighted by Gasteiger charge is 2.40. The predicted molar refractivity (Wildman–Crippen MR) is 115 cm³/mol. The Balaban J connectivity index is 1.96. The second-order valence-electron chi connectivity index (χ2n) is 8.80. The Labute approximate surface area is 177 Å². The third-order valence-corrected chi connectivity index (χ3v) is 6.33. The molecule has 0 spiro atoms.